The van der Waals surface area contributed by atoms with Crippen LogP contribution in [0.2, 0.25) is 12.6 Å². The second kappa shape index (κ2) is 3.61. The predicted molar refractivity (Wildman–Crippen MR) is 52.6 cm³/mol. The summed E-state index contributed by atoms with van der Waals surface area (Å²) in [6.07, 6.45) is 0.976. The fourth-order valence-electron chi connectivity index (χ4n) is 0.532. The molecule has 0 fully saturated rings. The summed E-state index contributed by atoms with van der Waals surface area (Å²) in [7, 11) is 3.53. The van der Waals surface area contributed by atoms with Crippen LogP contribution >= 0.6 is 22.7 Å². The minimum atomic E-state index is -1.57. The van der Waals surface area contributed by atoms with Gasteiger partial charge in [0.05, 0.1) is 0 Å². The van der Waals surface area contributed by atoms with Gasteiger partial charge in [0, 0.05) is 14.6 Å². The lowest BCUT2D eigenvalue weighted by Gasteiger charge is -2.19. The third-order valence-corrected chi connectivity index (χ3v) is 3.88. The lowest BCUT2D eigenvalue weighted by molar-refractivity contribution is 0.668. The highest BCUT2D eigenvalue weighted by Crippen LogP contribution is 2.24. The first-order chi connectivity index (χ1) is 4.21. The summed E-state index contributed by atoms with van der Waals surface area (Å²) in [4.78, 5) is -0.101. The molecule has 0 aromatic heterocycles. The number of alkyl halides is 1. The van der Waals surface area contributed by atoms with Crippen molar-refractivity contribution in [1.29, 1.82) is 0 Å². The molecule has 0 aliphatic carbocycles. The summed E-state index contributed by atoms with van der Waals surface area (Å²) in [5, 5.41) is 0. The summed E-state index contributed by atoms with van der Waals surface area (Å²) in [6, 6.07) is 1.02. The molecule has 0 spiro atoms. The lowest BCUT2D eigenvalue weighted by atomic mass is 10.1. The molecule has 4 heteroatoms. The SMILES string of the molecule is CC(C)(Cl)CC[Si](C)([Si])Cl. The van der Waals surface area contributed by atoms with Crippen molar-refractivity contribution >= 4 is 39.3 Å². The van der Waals surface area contributed by atoms with Gasteiger partial charge in [0.1, 0.15) is 6.90 Å². The van der Waals surface area contributed by atoms with E-state index in [1.807, 2.05) is 13.8 Å². The number of hydrogen-bond donors (Lipinski definition) is 0. The van der Waals surface area contributed by atoms with Crippen molar-refractivity contribution in [3.8, 4) is 0 Å². The van der Waals surface area contributed by atoms with Gasteiger partial charge in [0.25, 0.3) is 0 Å². The van der Waals surface area contributed by atoms with E-state index in [4.69, 9.17) is 22.7 Å². The first kappa shape index (κ1) is 11.0. The van der Waals surface area contributed by atoms with E-state index in [1.165, 1.54) is 0 Å². The molecule has 0 aromatic rings. The van der Waals surface area contributed by atoms with Crippen LogP contribution < -0.4 is 0 Å². The van der Waals surface area contributed by atoms with Crippen LogP contribution in [0.3, 0.4) is 0 Å². The molecule has 1 atom stereocenters. The molecule has 0 amide bonds. The molecule has 0 N–H and O–H groups in total. The van der Waals surface area contributed by atoms with Gasteiger partial charge in [-0.15, -0.1) is 11.6 Å². The van der Waals surface area contributed by atoms with E-state index in [-0.39, 0.29) is 4.87 Å². The van der Waals surface area contributed by atoms with Crippen LogP contribution in [0.1, 0.15) is 20.3 Å². The van der Waals surface area contributed by atoms with E-state index in [9.17, 15) is 0 Å². The summed E-state index contributed by atoms with van der Waals surface area (Å²) in [6.45, 7) is 4.51. The average molecular weight is 212 g/mol. The molecule has 1 unspecified atom stereocenters. The molecule has 0 nitrogen and oxygen atoms in total. The Hall–Kier alpha value is 1.01. The highest BCUT2D eigenvalue weighted by Gasteiger charge is 2.22. The fraction of sp³-hybridized carbons (Fsp3) is 1.00. The summed E-state index contributed by atoms with van der Waals surface area (Å²) < 4.78 is 0. The van der Waals surface area contributed by atoms with Crippen LogP contribution in [-0.4, -0.2) is 21.5 Å². The molecule has 3 radical (unpaired) electrons. The van der Waals surface area contributed by atoms with Gasteiger partial charge in [-0.1, -0.05) is 6.55 Å². The van der Waals surface area contributed by atoms with Crippen LogP contribution in [0.4, 0.5) is 0 Å². The third kappa shape index (κ3) is 9.01. The van der Waals surface area contributed by atoms with Gasteiger partial charge >= 0.3 is 0 Å². The molecule has 10 heavy (non-hydrogen) atoms. The van der Waals surface area contributed by atoms with Gasteiger partial charge in [-0.05, 0) is 26.3 Å². The summed E-state index contributed by atoms with van der Waals surface area (Å²) >= 11 is 12.0. The Kier molecular flexibility index (Phi) is 3.98. The van der Waals surface area contributed by atoms with E-state index in [0.717, 1.165) is 12.5 Å². The normalized spacial score (nSPS) is 18.6. The smallest absolute Gasteiger partial charge is 0.135 e. The lowest BCUT2D eigenvalue weighted by Crippen LogP contribution is -2.25. The summed E-state index contributed by atoms with van der Waals surface area (Å²) in [5.41, 5.74) is 0. The topological polar surface area (TPSA) is 0 Å². The van der Waals surface area contributed by atoms with Gasteiger partial charge in [0.15, 0.2) is 0 Å². The largest absolute Gasteiger partial charge is 0.172 e. The van der Waals surface area contributed by atoms with E-state index in [0.29, 0.717) is 0 Å². The number of halogens is 2. The van der Waals surface area contributed by atoms with Crippen LogP contribution in [0.5, 0.6) is 0 Å². The monoisotopic (exact) mass is 211 g/mol. The van der Waals surface area contributed by atoms with Crippen LogP contribution in [0.15, 0.2) is 0 Å². The van der Waals surface area contributed by atoms with E-state index in [1.54, 1.807) is 0 Å². The molecule has 0 bridgehead atoms. The Labute approximate surface area is 77.2 Å². The highest BCUT2D eigenvalue weighted by molar-refractivity contribution is 7.42. The van der Waals surface area contributed by atoms with Crippen molar-refractivity contribution in [2.45, 2.75) is 37.7 Å². The van der Waals surface area contributed by atoms with Gasteiger partial charge in [-0.3, -0.25) is 0 Å². The number of rotatable bonds is 3. The molecule has 0 rings (SSSR count). The van der Waals surface area contributed by atoms with Crippen molar-refractivity contribution in [2.24, 2.45) is 0 Å². The van der Waals surface area contributed by atoms with Gasteiger partial charge in [0.2, 0.25) is 0 Å². The van der Waals surface area contributed by atoms with Crippen LogP contribution in [-0.2, 0) is 0 Å². The first-order valence-electron chi connectivity index (χ1n) is 3.34. The maximum atomic E-state index is 6.03. The average Bonchev–Trinajstić information content (AvgIpc) is 1.57. The molecule has 0 heterocycles. The highest BCUT2D eigenvalue weighted by atomic mass is 35.6. The minimum Gasteiger partial charge on any atom is -0.172 e. The zero-order chi connectivity index (χ0) is 8.41. The second-order valence-corrected chi connectivity index (χ2v) is 14.1. The van der Waals surface area contributed by atoms with Gasteiger partial charge in [-0.2, -0.15) is 11.1 Å². The zero-order valence-corrected chi connectivity index (χ0v) is 10.2. The maximum Gasteiger partial charge on any atom is 0.135 e. The van der Waals surface area contributed by atoms with E-state index in [2.05, 4.69) is 16.3 Å². The maximum absolute atomic E-state index is 6.03. The van der Waals surface area contributed by atoms with Crippen molar-refractivity contribution in [3.05, 3.63) is 0 Å². The van der Waals surface area contributed by atoms with Crippen molar-refractivity contribution in [2.75, 3.05) is 0 Å². The molecule has 0 saturated heterocycles. The zero-order valence-electron chi connectivity index (χ0n) is 6.67. The number of hydrogen-bond acceptors (Lipinski definition) is 0. The van der Waals surface area contributed by atoms with Crippen molar-refractivity contribution in [1.82, 2.24) is 0 Å². The molecule has 0 aliphatic rings. The minimum absolute atomic E-state index is 0.101. The fourth-order valence-corrected chi connectivity index (χ4v) is 2.54. The molecule has 0 aromatic carbocycles. The Morgan fingerprint density at radius 3 is 2.00 bits per heavy atom. The Morgan fingerprint density at radius 1 is 1.50 bits per heavy atom. The van der Waals surface area contributed by atoms with Crippen molar-refractivity contribution < 1.29 is 0 Å². The second-order valence-electron chi connectivity index (χ2n) is 3.42. The Balaban J connectivity index is 3.56. The molecular weight excluding hydrogens is 199 g/mol. The Morgan fingerprint density at radius 2 is 1.90 bits per heavy atom. The van der Waals surface area contributed by atoms with Crippen molar-refractivity contribution in [3.63, 3.8) is 0 Å². The summed E-state index contributed by atoms with van der Waals surface area (Å²) in [5.74, 6) is 0. The van der Waals surface area contributed by atoms with Gasteiger partial charge < -0.3 is 0 Å². The molecule has 0 saturated carbocycles. The van der Waals surface area contributed by atoms with Gasteiger partial charge in [-0.25, -0.2) is 0 Å². The molecule has 0 aliphatic heterocycles. The molecule has 59 valence electrons. The first-order valence-corrected chi connectivity index (χ1v) is 8.93. The third-order valence-electron chi connectivity index (χ3n) is 1.19. The quantitative estimate of drug-likeness (QED) is 0.383. The van der Waals surface area contributed by atoms with Crippen LogP contribution in [0, 0.1) is 0 Å². The standard InChI is InChI=1S/C6H13Cl2Si2/c1-6(2,7)4-5-10(3,8)9/h4-5H2,1-3H3. The van der Waals surface area contributed by atoms with E-state index >= 15 is 0 Å². The van der Waals surface area contributed by atoms with E-state index < -0.39 is 6.90 Å². The van der Waals surface area contributed by atoms with Crippen LogP contribution in [0.25, 0.3) is 0 Å². The Bertz CT molecular complexity index is 87.3. The molecular formula is C6H13Cl2Si2. The predicted octanol–water partition coefficient (Wildman–Crippen LogP) is 2.87.